The Hall–Kier alpha value is -3.31. The number of aromatic nitrogens is 2. The zero-order valence-corrected chi connectivity index (χ0v) is 15.9. The molecule has 1 N–H and O–H groups in total. The van der Waals surface area contributed by atoms with E-state index in [0.717, 1.165) is 9.04 Å². The van der Waals surface area contributed by atoms with Gasteiger partial charge in [-0.2, -0.15) is 5.26 Å². The lowest BCUT2D eigenvalue weighted by atomic mass is 10.1. The summed E-state index contributed by atoms with van der Waals surface area (Å²) in [5.41, 5.74) is 0.975. The zero-order valence-electron chi connectivity index (χ0n) is 14.3. The van der Waals surface area contributed by atoms with Crippen LogP contribution < -0.4 is 5.56 Å². The zero-order chi connectivity index (χ0) is 19.4. The molecule has 2 aromatic heterocycles. The van der Waals surface area contributed by atoms with Crippen LogP contribution in [0.25, 0.3) is 0 Å². The number of aromatic hydroxyl groups is 1. The average molecular weight is 424 g/mol. The molecule has 0 saturated carbocycles. The highest BCUT2D eigenvalue weighted by molar-refractivity contribution is 9.10. The van der Waals surface area contributed by atoms with E-state index in [2.05, 4.69) is 31.1 Å². The molecule has 7 nitrogen and oxygen atoms in total. The van der Waals surface area contributed by atoms with Gasteiger partial charge in [-0.15, -0.1) is 10.2 Å². The van der Waals surface area contributed by atoms with Crippen molar-refractivity contribution in [2.75, 3.05) is 0 Å². The maximum atomic E-state index is 12.9. The molecular formula is C19H14BrN5O2. The predicted molar refractivity (Wildman–Crippen MR) is 103 cm³/mol. The number of rotatable bonds is 4. The lowest BCUT2D eigenvalue weighted by molar-refractivity contribution is 0.412. The fourth-order valence-corrected chi connectivity index (χ4v) is 2.88. The summed E-state index contributed by atoms with van der Waals surface area (Å²) in [6.07, 6.45) is 3.19. The second kappa shape index (κ2) is 7.93. The number of azo groups is 1. The number of benzene rings is 1. The Balaban J connectivity index is 2.14. The minimum Gasteiger partial charge on any atom is -0.493 e. The first kappa shape index (κ1) is 18.5. The summed E-state index contributed by atoms with van der Waals surface area (Å²) in [5.74, 6) is -0.399. The van der Waals surface area contributed by atoms with Crippen LogP contribution >= 0.6 is 15.9 Å². The maximum absolute atomic E-state index is 12.9. The van der Waals surface area contributed by atoms with E-state index < -0.39 is 11.4 Å². The lowest BCUT2D eigenvalue weighted by Gasteiger charge is -2.13. The van der Waals surface area contributed by atoms with Crippen molar-refractivity contribution in [3.8, 4) is 11.9 Å². The van der Waals surface area contributed by atoms with Gasteiger partial charge in [-0.05, 0) is 46.6 Å². The third-order valence-corrected chi connectivity index (χ3v) is 4.61. The SMILES string of the molecule is Cc1c(C#N)c(O)n(Cc2cccnc2)c(=O)c1N=Nc1ccccc1Br. The average Bonchev–Trinajstić information content (AvgIpc) is 2.67. The van der Waals surface area contributed by atoms with Crippen LogP contribution in [0.4, 0.5) is 11.4 Å². The molecule has 0 amide bonds. The number of hydrogen-bond acceptors (Lipinski definition) is 6. The van der Waals surface area contributed by atoms with E-state index in [0.29, 0.717) is 11.3 Å². The van der Waals surface area contributed by atoms with Crippen molar-refractivity contribution in [1.29, 1.82) is 5.26 Å². The number of hydrogen-bond donors (Lipinski definition) is 1. The Labute approximate surface area is 163 Å². The molecule has 0 atom stereocenters. The van der Waals surface area contributed by atoms with Gasteiger partial charge in [0.25, 0.3) is 5.56 Å². The van der Waals surface area contributed by atoms with Gasteiger partial charge >= 0.3 is 0 Å². The van der Waals surface area contributed by atoms with Crippen LogP contribution in [0.15, 0.2) is 68.3 Å². The van der Waals surface area contributed by atoms with E-state index in [1.807, 2.05) is 12.1 Å². The van der Waals surface area contributed by atoms with Gasteiger partial charge in [-0.1, -0.05) is 18.2 Å². The molecule has 0 aliphatic carbocycles. The molecule has 0 spiro atoms. The highest BCUT2D eigenvalue weighted by Gasteiger charge is 2.19. The van der Waals surface area contributed by atoms with Gasteiger partial charge in [0.2, 0.25) is 5.88 Å². The van der Waals surface area contributed by atoms with Gasteiger partial charge in [0, 0.05) is 22.4 Å². The predicted octanol–water partition coefficient (Wildman–Crippen LogP) is 4.36. The van der Waals surface area contributed by atoms with Crippen molar-refractivity contribution < 1.29 is 5.11 Å². The fraction of sp³-hybridized carbons (Fsp3) is 0.105. The molecule has 8 heteroatoms. The van der Waals surface area contributed by atoms with Crippen LogP contribution in [-0.4, -0.2) is 14.7 Å². The number of pyridine rings is 2. The second-order valence-electron chi connectivity index (χ2n) is 5.69. The van der Waals surface area contributed by atoms with Crippen LogP contribution in [0.3, 0.4) is 0 Å². The minimum atomic E-state index is -0.538. The van der Waals surface area contributed by atoms with Gasteiger partial charge in [0.05, 0.1) is 12.2 Å². The van der Waals surface area contributed by atoms with Crippen LogP contribution in [0.2, 0.25) is 0 Å². The molecule has 3 aromatic rings. The summed E-state index contributed by atoms with van der Waals surface area (Å²) >= 11 is 3.37. The van der Waals surface area contributed by atoms with Crippen LogP contribution in [0.5, 0.6) is 5.88 Å². The Kier molecular flexibility index (Phi) is 5.43. The van der Waals surface area contributed by atoms with Gasteiger partial charge in [0.1, 0.15) is 11.6 Å². The summed E-state index contributed by atoms with van der Waals surface area (Å²) in [6, 6.07) is 12.6. The molecule has 27 heavy (non-hydrogen) atoms. The van der Waals surface area contributed by atoms with E-state index >= 15 is 0 Å². The first-order chi connectivity index (χ1) is 13.0. The number of nitriles is 1. The van der Waals surface area contributed by atoms with Crippen molar-refractivity contribution in [2.24, 2.45) is 10.2 Å². The number of halogens is 1. The molecule has 3 rings (SSSR count). The molecule has 0 saturated heterocycles. The topological polar surface area (TPSA) is 104 Å². The normalized spacial score (nSPS) is 10.9. The lowest BCUT2D eigenvalue weighted by Crippen LogP contribution is -2.22. The Morgan fingerprint density at radius 2 is 2.04 bits per heavy atom. The van der Waals surface area contributed by atoms with E-state index in [9.17, 15) is 15.2 Å². The molecule has 0 radical (unpaired) electrons. The monoisotopic (exact) mass is 423 g/mol. The smallest absolute Gasteiger partial charge is 0.281 e. The molecule has 0 bridgehead atoms. The highest BCUT2D eigenvalue weighted by Crippen LogP contribution is 2.29. The van der Waals surface area contributed by atoms with E-state index in [4.69, 9.17) is 0 Å². The van der Waals surface area contributed by atoms with Gasteiger partial charge in [-0.3, -0.25) is 14.3 Å². The summed E-state index contributed by atoms with van der Waals surface area (Å²) in [7, 11) is 0. The standard InChI is InChI=1S/C19H14BrN5O2/c1-12-14(9-21)18(26)25(11-13-5-4-8-22-10-13)19(27)17(12)24-23-16-7-3-2-6-15(16)20/h2-8,10,26H,11H2,1H3. The van der Waals surface area contributed by atoms with Crippen LogP contribution in [0, 0.1) is 18.3 Å². The first-order valence-electron chi connectivity index (χ1n) is 7.94. The van der Waals surface area contributed by atoms with Gasteiger partial charge < -0.3 is 5.11 Å². The molecule has 0 fully saturated rings. The Morgan fingerprint density at radius 3 is 2.70 bits per heavy atom. The number of nitrogens with zero attached hydrogens (tertiary/aromatic N) is 5. The second-order valence-corrected chi connectivity index (χ2v) is 6.54. The molecule has 0 aliphatic heterocycles. The van der Waals surface area contributed by atoms with E-state index in [1.54, 1.807) is 49.6 Å². The van der Waals surface area contributed by atoms with Crippen molar-refractivity contribution in [1.82, 2.24) is 9.55 Å². The van der Waals surface area contributed by atoms with Crippen molar-refractivity contribution >= 4 is 27.3 Å². The molecule has 0 unspecified atom stereocenters. The largest absolute Gasteiger partial charge is 0.493 e. The highest BCUT2D eigenvalue weighted by atomic mass is 79.9. The van der Waals surface area contributed by atoms with Crippen LogP contribution in [0.1, 0.15) is 16.7 Å². The summed E-state index contributed by atoms with van der Waals surface area (Å²) in [4.78, 5) is 16.9. The van der Waals surface area contributed by atoms with Crippen LogP contribution in [-0.2, 0) is 6.54 Å². The molecule has 1 aromatic carbocycles. The van der Waals surface area contributed by atoms with E-state index in [1.165, 1.54) is 0 Å². The van der Waals surface area contributed by atoms with Gasteiger partial charge in [0.15, 0.2) is 5.69 Å². The molecule has 0 aliphatic rings. The van der Waals surface area contributed by atoms with Gasteiger partial charge in [-0.25, -0.2) is 0 Å². The third kappa shape index (κ3) is 3.78. The Bertz CT molecular complexity index is 1120. The maximum Gasteiger partial charge on any atom is 0.281 e. The summed E-state index contributed by atoms with van der Waals surface area (Å²) < 4.78 is 1.82. The van der Waals surface area contributed by atoms with E-state index in [-0.39, 0.29) is 23.4 Å². The third-order valence-electron chi connectivity index (χ3n) is 3.94. The Morgan fingerprint density at radius 1 is 1.26 bits per heavy atom. The minimum absolute atomic E-state index is 0.00370. The molecule has 2 heterocycles. The first-order valence-corrected chi connectivity index (χ1v) is 8.74. The van der Waals surface area contributed by atoms with Crippen molar-refractivity contribution in [3.05, 3.63) is 80.3 Å². The fourth-order valence-electron chi connectivity index (χ4n) is 2.51. The van der Waals surface area contributed by atoms with Crippen molar-refractivity contribution in [2.45, 2.75) is 13.5 Å². The summed E-state index contributed by atoms with van der Waals surface area (Å²) in [5, 5.41) is 28.0. The molecular weight excluding hydrogens is 410 g/mol. The summed E-state index contributed by atoms with van der Waals surface area (Å²) in [6.45, 7) is 1.62. The molecule has 134 valence electrons. The van der Waals surface area contributed by atoms with Crippen molar-refractivity contribution in [3.63, 3.8) is 0 Å². The quantitative estimate of drug-likeness (QED) is 0.629.